The number of piperazine rings is 1. The molecule has 0 bridgehead atoms. The molecule has 118 valence electrons. The zero-order valence-corrected chi connectivity index (χ0v) is 12.5. The van der Waals surface area contributed by atoms with E-state index in [-0.39, 0.29) is 0 Å². The molecule has 0 unspecified atom stereocenters. The minimum Gasteiger partial charge on any atom is -0.373 e. The summed E-state index contributed by atoms with van der Waals surface area (Å²) in [6.07, 6.45) is -4.14. The largest absolute Gasteiger partial charge is 0.401 e. The number of alkyl halides is 3. The molecule has 1 saturated heterocycles. The Kier molecular flexibility index (Phi) is 4.55. The van der Waals surface area contributed by atoms with Crippen molar-refractivity contribution >= 4 is 11.6 Å². The van der Waals surface area contributed by atoms with Crippen LogP contribution in [0, 0.1) is 13.8 Å². The van der Waals surface area contributed by atoms with Crippen LogP contribution in [0.5, 0.6) is 0 Å². The van der Waals surface area contributed by atoms with Gasteiger partial charge in [0.25, 0.3) is 0 Å². The molecule has 0 radical (unpaired) electrons. The van der Waals surface area contributed by atoms with Crippen molar-refractivity contribution in [1.29, 1.82) is 0 Å². The second-order valence-electron chi connectivity index (χ2n) is 5.20. The number of nitrogens with zero attached hydrogens (tertiary/aromatic N) is 4. The molecule has 0 aromatic carbocycles. The molecule has 2 rings (SSSR count). The molecule has 0 atom stereocenters. The van der Waals surface area contributed by atoms with Gasteiger partial charge in [-0.15, -0.1) is 0 Å². The van der Waals surface area contributed by atoms with E-state index in [4.69, 9.17) is 0 Å². The second kappa shape index (κ2) is 6.05. The van der Waals surface area contributed by atoms with Gasteiger partial charge in [0, 0.05) is 38.8 Å². The molecule has 21 heavy (non-hydrogen) atoms. The Hall–Kier alpha value is -1.57. The lowest BCUT2D eigenvalue weighted by molar-refractivity contribution is -0.146. The average Bonchev–Trinajstić information content (AvgIpc) is 2.40. The SMILES string of the molecule is CNc1nc(C)nc(N2CCN(CC(F)(F)F)CC2)c1C. The molecule has 1 N–H and O–H groups in total. The molecule has 0 spiro atoms. The first-order valence-electron chi connectivity index (χ1n) is 6.87. The van der Waals surface area contributed by atoms with E-state index in [1.807, 2.05) is 18.7 Å². The summed E-state index contributed by atoms with van der Waals surface area (Å²) in [5.74, 6) is 2.21. The number of rotatable bonds is 3. The summed E-state index contributed by atoms with van der Waals surface area (Å²) in [6.45, 7) is 4.73. The quantitative estimate of drug-likeness (QED) is 0.923. The maximum absolute atomic E-state index is 12.4. The molecule has 8 heteroatoms. The fourth-order valence-electron chi connectivity index (χ4n) is 2.54. The van der Waals surface area contributed by atoms with Crippen molar-refractivity contribution in [3.05, 3.63) is 11.4 Å². The van der Waals surface area contributed by atoms with Crippen LogP contribution >= 0.6 is 0 Å². The molecule has 0 amide bonds. The van der Waals surface area contributed by atoms with Crippen molar-refractivity contribution in [3.8, 4) is 0 Å². The van der Waals surface area contributed by atoms with E-state index in [1.165, 1.54) is 4.90 Å². The van der Waals surface area contributed by atoms with Crippen LogP contribution < -0.4 is 10.2 Å². The average molecular weight is 303 g/mol. The predicted molar refractivity (Wildman–Crippen MR) is 75.8 cm³/mol. The summed E-state index contributed by atoms with van der Waals surface area (Å²) in [7, 11) is 1.79. The van der Waals surface area contributed by atoms with Gasteiger partial charge in [-0.05, 0) is 13.8 Å². The maximum atomic E-state index is 12.4. The van der Waals surface area contributed by atoms with Crippen LogP contribution in [-0.4, -0.2) is 60.8 Å². The van der Waals surface area contributed by atoms with Crippen molar-refractivity contribution < 1.29 is 13.2 Å². The second-order valence-corrected chi connectivity index (χ2v) is 5.20. The Bertz CT molecular complexity index is 495. The molecule has 2 heterocycles. The monoisotopic (exact) mass is 303 g/mol. The first-order chi connectivity index (χ1) is 9.80. The number of hydrogen-bond donors (Lipinski definition) is 1. The summed E-state index contributed by atoms with van der Waals surface area (Å²) in [5.41, 5.74) is 0.923. The lowest BCUT2D eigenvalue weighted by Gasteiger charge is -2.36. The number of anilines is 2. The van der Waals surface area contributed by atoms with Crippen molar-refractivity contribution in [3.63, 3.8) is 0 Å². The van der Waals surface area contributed by atoms with Gasteiger partial charge in [-0.2, -0.15) is 13.2 Å². The first-order valence-corrected chi connectivity index (χ1v) is 6.87. The number of hydrogen-bond acceptors (Lipinski definition) is 5. The maximum Gasteiger partial charge on any atom is 0.401 e. The van der Waals surface area contributed by atoms with Crippen molar-refractivity contribution in [2.24, 2.45) is 0 Å². The molecule has 1 fully saturated rings. The highest BCUT2D eigenvalue weighted by atomic mass is 19.4. The van der Waals surface area contributed by atoms with Crippen LogP contribution in [-0.2, 0) is 0 Å². The Morgan fingerprint density at radius 1 is 1.10 bits per heavy atom. The van der Waals surface area contributed by atoms with Crippen molar-refractivity contribution in [2.75, 3.05) is 50.0 Å². The highest BCUT2D eigenvalue weighted by Gasteiger charge is 2.32. The van der Waals surface area contributed by atoms with E-state index < -0.39 is 12.7 Å². The van der Waals surface area contributed by atoms with E-state index in [2.05, 4.69) is 15.3 Å². The summed E-state index contributed by atoms with van der Waals surface area (Å²) in [5, 5.41) is 3.02. The highest BCUT2D eigenvalue weighted by Crippen LogP contribution is 2.25. The van der Waals surface area contributed by atoms with Gasteiger partial charge in [-0.25, -0.2) is 9.97 Å². The van der Waals surface area contributed by atoms with Gasteiger partial charge < -0.3 is 10.2 Å². The fourth-order valence-corrected chi connectivity index (χ4v) is 2.54. The summed E-state index contributed by atoms with van der Waals surface area (Å²) in [6, 6.07) is 0. The zero-order chi connectivity index (χ0) is 15.6. The van der Waals surface area contributed by atoms with Crippen LogP contribution in [0.1, 0.15) is 11.4 Å². The molecule has 1 aromatic heterocycles. The summed E-state index contributed by atoms with van der Waals surface area (Å²) >= 11 is 0. The standard InChI is InChI=1S/C13H20F3N5/c1-9-11(17-3)18-10(2)19-12(9)21-6-4-20(5-7-21)8-13(14,15)16/h4-8H2,1-3H3,(H,17,18,19). The Morgan fingerprint density at radius 3 is 2.24 bits per heavy atom. The zero-order valence-electron chi connectivity index (χ0n) is 12.5. The number of halogens is 3. The number of aryl methyl sites for hydroxylation is 1. The van der Waals surface area contributed by atoms with Crippen LogP contribution in [0.4, 0.5) is 24.8 Å². The Labute approximate surface area is 122 Å². The van der Waals surface area contributed by atoms with Gasteiger partial charge in [0.05, 0.1) is 6.54 Å². The Morgan fingerprint density at radius 2 is 1.71 bits per heavy atom. The van der Waals surface area contributed by atoms with Gasteiger partial charge in [0.1, 0.15) is 17.5 Å². The summed E-state index contributed by atoms with van der Waals surface area (Å²) in [4.78, 5) is 12.2. The molecule has 1 aromatic rings. The number of nitrogens with one attached hydrogen (secondary N) is 1. The third-order valence-electron chi connectivity index (χ3n) is 3.54. The van der Waals surface area contributed by atoms with E-state index in [1.54, 1.807) is 7.05 Å². The molecular weight excluding hydrogens is 283 g/mol. The topological polar surface area (TPSA) is 44.3 Å². The molecular formula is C13H20F3N5. The van der Waals surface area contributed by atoms with E-state index in [9.17, 15) is 13.2 Å². The van der Waals surface area contributed by atoms with Crippen LogP contribution in [0.2, 0.25) is 0 Å². The van der Waals surface area contributed by atoms with Gasteiger partial charge in [-0.3, -0.25) is 4.90 Å². The lowest BCUT2D eigenvalue weighted by atomic mass is 10.2. The third kappa shape index (κ3) is 3.96. The van der Waals surface area contributed by atoms with Crippen LogP contribution in [0.15, 0.2) is 0 Å². The van der Waals surface area contributed by atoms with Crippen LogP contribution in [0.25, 0.3) is 0 Å². The predicted octanol–water partition coefficient (Wildman–Crippen LogP) is 1.82. The van der Waals surface area contributed by atoms with E-state index in [0.29, 0.717) is 32.0 Å². The first kappa shape index (κ1) is 15.8. The lowest BCUT2D eigenvalue weighted by Crippen LogP contribution is -2.49. The smallest absolute Gasteiger partial charge is 0.373 e. The molecule has 1 aliphatic heterocycles. The number of aromatic nitrogens is 2. The van der Waals surface area contributed by atoms with Gasteiger partial charge in [0.2, 0.25) is 0 Å². The van der Waals surface area contributed by atoms with E-state index >= 15 is 0 Å². The minimum atomic E-state index is -4.14. The van der Waals surface area contributed by atoms with Gasteiger partial charge in [-0.1, -0.05) is 0 Å². The molecule has 0 aliphatic carbocycles. The normalized spacial score (nSPS) is 17.1. The molecule has 5 nitrogen and oxygen atoms in total. The molecule has 1 aliphatic rings. The van der Waals surface area contributed by atoms with E-state index in [0.717, 1.165) is 17.2 Å². The summed E-state index contributed by atoms with van der Waals surface area (Å²) < 4.78 is 37.2. The fraction of sp³-hybridized carbons (Fsp3) is 0.692. The van der Waals surface area contributed by atoms with Crippen molar-refractivity contribution in [2.45, 2.75) is 20.0 Å². The Balaban J connectivity index is 2.07. The van der Waals surface area contributed by atoms with Crippen molar-refractivity contribution in [1.82, 2.24) is 14.9 Å². The van der Waals surface area contributed by atoms with Gasteiger partial charge in [0.15, 0.2) is 0 Å². The van der Waals surface area contributed by atoms with Gasteiger partial charge >= 0.3 is 6.18 Å². The highest BCUT2D eigenvalue weighted by molar-refractivity contribution is 5.58. The van der Waals surface area contributed by atoms with Crippen LogP contribution in [0.3, 0.4) is 0 Å². The third-order valence-corrected chi connectivity index (χ3v) is 3.54. The minimum absolute atomic E-state index is 0.386. The molecule has 0 saturated carbocycles.